The first-order valence-corrected chi connectivity index (χ1v) is 5.61. The van der Waals surface area contributed by atoms with Gasteiger partial charge in [-0.05, 0) is 19.1 Å². The molecule has 0 saturated heterocycles. The molecule has 0 aromatic carbocycles. The topological polar surface area (TPSA) is 140 Å². The first kappa shape index (κ1) is 13.5. The van der Waals surface area contributed by atoms with Crippen LogP contribution in [-0.4, -0.2) is 32.1 Å². The third kappa shape index (κ3) is 3.07. The Labute approximate surface area is 113 Å². The van der Waals surface area contributed by atoms with E-state index in [-0.39, 0.29) is 18.1 Å². The van der Waals surface area contributed by atoms with Crippen molar-refractivity contribution in [1.29, 1.82) is 0 Å². The van der Waals surface area contributed by atoms with E-state index in [2.05, 4.69) is 25.6 Å². The minimum absolute atomic E-state index is 0.0780. The van der Waals surface area contributed by atoms with Crippen molar-refractivity contribution in [1.82, 2.24) is 20.4 Å². The van der Waals surface area contributed by atoms with Crippen molar-refractivity contribution in [3.63, 3.8) is 0 Å². The third-order valence-electron chi connectivity index (χ3n) is 2.37. The molecule has 9 nitrogen and oxygen atoms in total. The zero-order valence-corrected chi connectivity index (χ0v) is 10.6. The van der Waals surface area contributed by atoms with Gasteiger partial charge in [0.1, 0.15) is 5.69 Å². The molecular weight excluding hydrogens is 264 g/mol. The highest BCUT2D eigenvalue weighted by molar-refractivity contribution is 5.98. The van der Waals surface area contributed by atoms with Gasteiger partial charge >= 0.3 is 0 Å². The molecule has 2 rings (SSSR count). The average molecular weight is 276 g/mol. The average Bonchev–Trinajstić information content (AvgIpc) is 2.89. The summed E-state index contributed by atoms with van der Waals surface area (Å²) < 4.78 is 4.86. The molecule has 1 amide bonds. The van der Waals surface area contributed by atoms with Gasteiger partial charge in [-0.2, -0.15) is 4.98 Å². The lowest BCUT2D eigenvalue weighted by Crippen LogP contribution is -2.24. The molecule has 2 aromatic rings. The molecule has 0 bridgehead atoms. The van der Waals surface area contributed by atoms with Gasteiger partial charge in [0.25, 0.3) is 5.91 Å². The number of pyridine rings is 1. The standard InChI is InChI=1S/C11H12N6O3/c1-6-15-9(20-17-6)5-14-11(18)8-3-2-7(4-13-8)10(12)16-19/h2-4,19H,5H2,1H3,(H2,12,16)(H,14,18). The maximum Gasteiger partial charge on any atom is 0.270 e. The molecule has 0 saturated carbocycles. The van der Waals surface area contributed by atoms with Crippen molar-refractivity contribution in [3.05, 3.63) is 41.3 Å². The molecule has 0 atom stereocenters. The number of aromatic nitrogens is 3. The zero-order chi connectivity index (χ0) is 14.5. The molecule has 2 heterocycles. The van der Waals surface area contributed by atoms with Crippen LogP contribution in [0, 0.1) is 6.92 Å². The van der Waals surface area contributed by atoms with Crippen LogP contribution in [0.1, 0.15) is 27.8 Å². The predicted octanol–water partition coefficient (Wildman–Crippen LogP) is -0.202. The van der Waals surface area contributed by atoms with Gasteiger partial charge in [0.05, 0.1) is 6.54 Å². The number of hydrogen-bond donors (Lipinski definition) is 3. The summed E-state index contributed by atoms with van der Waals surface area (Å²) in [5, 5.41) is 17.5. The van der Waals surface area contributed by atoms with E-state index >= 15 is 0 Å². The second-order valence-corrected chi connectivity index (χ2v) is 3.84. The molecule has 0 radical (unpaired) electrons. The lowest BCUT2D eigenvalue weighted by Gasteiger charge is -2.02. The fraction of sp³-hybridized carbons (Fsp3) is 0.182. The zero-order valence-electron chi connectivity index (χ0n) is 10.6. The second-order valence-electron chi connectivity index (χ2n) is 3.84. The van der Waals surface area contributed by atoms with E-state index in [0.717, 1.165) is 0 Å². The minimum Gasteiger partial charge on any atom is -0.409 e. The van der Waals surface area contributed by atoms with Crippen molar-refractivity contribution >= 4 is 11.7 Å². The quantitative estimate of drug-likeness (QED) is 0.304. The number of rotatable bonds is 4. The first-order valence-electron chi connectivity index (χ1n) is 5.61. The Morgan fingerprint density at radius 2 is 2.35 bits per heavy atom. The Morgan fingerprint density at radius 1 is 1.55 bits per heavy atom. The lowest BCUT2D eigenvalue weighted by atomic mass is 10.2. The van der Waals surface area contributed by atoms with Crippen LogP contribution in [0.2, 0.25) is 0 Å². The molecule has 0 aliphatic carbocycles. The largest absolute Gasteiger partial charge is 0.409 e. The summed E-state index contributed by atoms with van der Waals surface area (Å²) in [7, 11) is 0. The van der Waals surface area contributed by atoms with Crippen LogP contribution in [0.5, 0.6) is 0 Å². The minimum atomic E-state index is -0.396. The maximum absolute atomic E-state index is 11.8. The number of nitrogens with zero attached hydrogens (tertiary/aromatic N) is 4. The normalized spacial score (nSPS) is 11.3. The summed E-state index contributed by atoms with van der Waals surface area (Å²) >= 11 is 0. The van der Waals surface area contributed by atoms with E-state index in [1.807, 2.05) is 0 Å². The Morgan fingerprint density at radius 3 is 2.90 bits per heavy atom. The Hall–Kier alpha value is -2.97. The number of aryl methyl sites for hydroxylation is 1. The molecule has 0 aliphatic rings. The number of carbonyl (C=O) groups excluding carboxylic acids is 1. The van der Waals surface area contributed by atoms with E-state index in [1.54, 1.807) is 6.92 Å². The van der Waals surface area contributed by atoms with Gasteiger partial charge in [-0.15, -0.1) is 0 Å². The molecule has 20 heavy (non-hydrogen) atoms. The molecule has 0 unspecified atom stereocenters. The van der Waals surface area contributed by atoms with Gasteiger partial charge < -0.3 is 20.8 Å². The highest BCUT2D eigenvalue weighted by atomic mass is 16.5. The Kier molecular flexibility index (Phi) is 3.89. The molecule has 9 heteroatoms. The predicted molar refractivity (Wildman–Crippen MR) is 67.0 cm³/mol. The number of hydrogen-bond acceptors (Lipinski definition) is 7. The summed E-state index contributed by atoms with van der Waals surface area (Å²) in [5.41, 5.74) is 5.99. The number of amides is 1. The SMILES string of the molecule is Cc1noc(CNC(=O)c2ccc(C(N)=NO)cn2)n1. The Bertz CT molecular complexity index is 634. The van der Waals surface area contributed by atoms with Crippen molar-refractivity contribution in [3.8, 4) is 0 Å². The number of nitrogens with two attached hydrogens (primary N) is 1. The van der Waals surface area contributed by atoms with Crippen molar-refractivity contribution in [2.45, 2.75) is 13.5 Å². The molecule has 2 aromatic heterocycles. The van der Waals surface area contributed by atoms with Crippen LogP contribution in [0.4, 0.5) is 0 Å². The van der Waals surface area contributed by atoms with Gasteiger partial charge in [0.2, 0.25) is 5.89 Å². The van der Waals surface area contributed by atoms with Crippen LogP contribution in [0.15, 0.2) is 28.0 Å². The van der Waals surface area contributed by atoms with Crippen LogP contribution < -0.4 is 11.1 Å². The summed E-state index contributed by atoms with van der Waals surface area (Å²) in [6.45, 7) is 1.80. The van der Waals surface area contributed by atoms with Crippen molar-refractivity contribution < 1.29 is 14.5 Å². The highest BCUT2D eigenvalue weighted by Gasteiger charge is 2.10. The lowest BCUT2D eigenvalue weighted by molar-refractivity contribution is 0.0941. The van der Waals surface area contributed by atoms with Crippen LogP contribution >= 0.6 is 0 Å². The van der Waals surface area contributed by atoms with Crippen LogP contribution in [0.3, 0.4) is 0 Å². The van der Waals surface area contributed by atoms with Crippen molar-refractivity contribution in [2.24, 2.45) is 10.9 Å². The second kappa shape index (κ2) is 5.78. The molecule has 0 aliphatic heterocycles. The fourth-order valence-corrected chi connectivity index (χ4v) is 1.40. The van der Waals surface area contributed by atoms with Gasteiger partial charge in [-0.3, -0.25) is 9.78 Å². The van der Waals surface area contributed by atoms with Gasteiger partial charge in [-0.1, -0.05) is 10.3 Å². The van der Waals surface area contributed by atoms with Gasteiger partial charge in [-0.25, -0.2) is 0 Å². The third-order valence-corrected chi connectivity index (χ3v) is 2.37. The van der Waals surface area contributed by atoms with Gasteiger partial charge in [0, 0.05) is 11.8 Å². The summed E-state index contributed by atoms with van der Waals surface area (Å²) in [5.74, 6) is 0.331. The number of amidine groups is 1. The van der Waals surface area contributed by atoms with Gasteiger partial charge in [0.15, 0.2) is 11.7 Å². The number of nitrogens with one attached hydrogen (secondary N) is 1. The monoisotopic (exact) mass is 276 g/mol. The summed E-state index contributed by atoms with van der Waals surface area (Å²) in [6, 6.07) is 2.98. The fourth-order valence-electron chi connectivity index (χ4n) is 1.40. The van der Waals surface area contributed by atoms with E-state index in [1.165, 1.54) is 18.3 Å². The molecule has 0 spiro atoms. The molecule has 0 fully saturated rings. The van der Waals surface area contributed by atoms with E-state index < -0.39 is 5.91 Å². The van der Waals surface area contributed by atoms with E-state index in [0.29, 0.717) is 17.3 Å². The molecule has 4 N–H and O–H groups in total. The van der Waals surface area contributed by atoms with E-state index in [4.69, 9.17) is 15.5 Å². The Balaban J connectivity index is 1.99. The van der Waals surface area contributed by atoms with E-state index in [9.17, 15) is 4.79 Å². The van der Waals surface area contributed by atoms with Crippen LogP contribution in [-0.2, 0) is 6.54 Å². The summed E-state index contributed by atoms with van der Waals surface area (Å²) in [4.78, 5) is 19.7. The smallest absolute Gasteiger partial charge is 0.270 e. The number of carbonyl (C=O) groups is 1. The molecular formula is C11H12N6O3. The number of oxime groups is 1. The molecule has 104 valence electrons. The highest BCUT2D eigenvalue weighted by Crippen LogP contribution is 2.01. The summed E-state index contributed by atoms with van der Waals surface area (Å²) in [6.07, 6.45) is 1.33. The van der Waals surface area contributed by atoms with Crippen molar-refractivity contribution in [2.75, 3.05) is 0 Å². The first-order chi connectivity index (χ1) is 9.60. The maximum atomic E-state index is 11.8. The van der Waals surface area contributed by atoms with Crippen LogP contribution in [0.25, 0.3) is 0 Å².